The van der Waals surface area contributed by atoms with Gasteiger partial charge in [0.15, 0.2) is 4.90 Å². The molecule has 1 aromatic carbocycles. The Morgan fingerprint density at radius 2 is 2.00 bits per heavy atom. The van der Waals surface area contributed by atoms with Gasteiger partial charge in [-0.05, 0) is 12.5 Å². The summed E-state index contributed by atoms with van der Waals surface area (Å²) >= 11 is 6.06. The summed E-state index contributed by atoms with van der Waals surface area (Å²) in [7, 11) is -4.01. The van der Waals surface area contributed by atoms with Gasteiger partial charge in [-0.15, -0.1) is 0 Å². The molecule has 0 radical (unpaired) electrons. The molecule has 122 valence electrons. The Morgan fingerprint density at radius 1 is 1.26 bits per heavy atom. The first-order chi connectivity index (χ1) is 10.9. The highest BCUT2D eigenvalue weighted by Crippen LogP contribution is 2.29. The molecule has 0 aliphatic carbocycles. The molecule has 0 spiro atoms. The van der Waals surface area contributed by atoms with Gasteiger partial charge < -0.3 is 0 Å². The predicted octanol–water partition coefficient (Wildman–Crippen LogP) is 2.04. The van der Waals surface area contributed by atoms with Crippen LogP contribution in [0.15, 0.2) is 35.4 Å². The summed E-state index contributed by atoms with van der Waals surface area (Å²) in [6, 6.07) is 5.33. The van der Waals surface area contributed by atoms with E-state index in [0.29, 0.717) is 23.7 Å². The number of nitro benzene ring substituents is 1. The fourth-order valence-electron chi connectivity index (χ4n) is 2.55. The van der Waals surface area contributed by atoms with E-state index in [1.54, 1.807) is 4.68 Å². The third kappa shape index (κ3) is 2.82. The number of aromatic nitrogens is 2. The number of fused-ring (bicyclic) bond motifs is 1. The van der Waals surface area contributed by atoms with Gasteiger partial charge in [-0.3, -0.25) is 14.8 Å². The number of para-hydroxylation sites is 1. The second-order valence-electron chi connectivity index (χ2n) is 5.08. The zero-order valence-corrected chi connectivity index (χ0v) is 13.5. The molecule has 23 heavy (non-hydrogen) atoms. The Morgan fingerprint density at radius 3 is 2.74 bits per heavy atom. The molecule has 1 aromatic heterocycles. The van der Waals surface area contributed by atoms with Crippen LogP contribution in [0.3, 0.4) is 0 Å². The molecule has 3 rings (SSSR count). The van der Waals surface area contributed by atoms with E-state index in [0.717, 1.165) is 0 Å². The second-order valence-corrected chi connectivity index (χ2v) is 7.39. The van der Waals surface area contributed by atoms with Crippen LogP contribution in [0.25, 0.3) is 0 Å². The van der Waals surface area contributed by atoms with Crippen molar-refractivity contribution in [3.05, 3.63) is 51.3 Å². The minimum Gasteiger partial charge on any atom is -0.267 e. The Bertz CT molecular complexity index is 865. The van der Waals surface area contributed by atoms with Gasteiger partial charge in [0.2, 0.25) is 10.0 Å². The van der Waals surface area contributed by atoms with E-state index in [1.165, 1.54) is 34.8 Å². The van der Waals surface area contributed by atoms with Crippen molar-refractivity contribution in [1.82, 2.24) is 14.1 Å². The number of nitro groups is 1. The zero-order chi connectivity index (χ0) is 16.6. The highest BCUT2D eigenvalue weighted by atomic mass is 35.5. The molecule has 2 heterocycles. The normalized spacial score (nSPS) is 15.9. The molecule has 0 amide bonds. The van der Waals surface area contributed by atoms with Crippen molar-refractivity contribution in [1.29, 1.82) is 0 Å². The Hall–Kier alpha value is -1.97. The lowest BCUT2D eigenvalue weighted by atomic mass is 10.3. The molecule has 1 aliphatic heterocycles. The van der Waals surface area contributed by atoms with E-state index >= 15 is 0 Å². The summed E-state index contributed by atoms with van der Waals surface area (Å²) in [6.07, 6.45) is 2.02. The minimum atomic E-state index is -4.01. The fraction of sp³-hybridized carbons (Fsp3) is 0.308. The molecule has 0 bridgehead atoms. The van der Waals surface area contributed by atoms with Gasteiger partial charge >= 0.3 is 0 Å². The summed E-state index contributed by atoms with van der Waals surface area (Å²) < 4.78 is 28.6. The monoisotopic (exact) mass is 356 g/mol. The lowest BCUT2D eigenvalue weighted by Gasteiger charge is -2.19. The van der Waals surface area contributed by atoms with Gasteiger partial charge in [0.1, 0.15) is 0 Å². The van der Waals surface area contributed by atoms with Crippen molar-refractivity contribution in [3.8, 4) is 0 Å². The van der Waals surface area contributed by atoms with E-state index < -0.39 is 20.6 Å². The van der Waals surface area contributed by atoms with Crippen molar-refractivity contribution in [2.24, 2.45) is 0 Å². The standard InChI is InChI=1S/C13H13ClN4O4S/c14-10-8-15-17-7-3-6-16(9-12(10)17)23(21,22)13-5-2-1-4-11(13)18(19)20/h1-2,4-5,8H,3,6-7,9H2. The lowest BCUT2D eigenvalue weighted by molar-refractivity contribution is -0.387. The molecular formula is C13H13ClN4O4S. The summed E-state index contributed by atoms with van der Waals surface area (Å²) in [6.45, 7) is 0.826. The van der Waals surface area contributed by atoms with Crippen LogP contribution < -0.4 is 0 Å². The SMILES string of the molecule is O=[N+]([O-])c1ccccc1S(=O)(=O)N1CCCn2ncc(Cl)c2C1. The molecule has 10 heteroatoms. The molecular weight excluding hydrogens is 344 g/mol. The van der Waals surface area contributed by atoms with Gasteiger partial charge in [-0.25, -0.2) is 8.42 Å². The van der Waals surface area contributed by atoms with E-state index in [1.807, 2.05) is 0 Å². The Labute approximate surface area is 137 Å². The molecule has 2 aromatic rings. The average Bonchev–Trinajstić information content (AvgIpc) is 2.75. The first kappa shape index (κ1) is 15.9. The number of sulfonamides is 1. The van der Waals surface area contributed by atoms with Crippen molar-refractivity contribution < 1.29 is 13.3 Å². The van der Waals surface area contributed by atoms with Gasteiger partial charge in [0.05, 0.1) is 28.4 Å². The van der Waals surface area contributed by atoms with Gasteiger partial charge in [-0.1, -0.05) is 23.7 Å². The largest absolute Gasteiger partial charge is 0.289 e. The molecule has 0 atom stereocenters. The van der Waals surface area contributed by atoms with Crippen LogP contribution >= 0.6 is 11.6 Å². The van der Waals surface area contributed by atoms with Crippen molar-refractivity contribution >= 4 is 27.3 Å². The number of hydrogen-bond acceptors (Lipinski definition) is 5. The average molecular weight is 357 g/mol. The van der Waals surface area contributed by atoms with Crippen molar-refractivity contribution in [2.45, 2.75) is 24.4 Å². The van der Waals surface area contributed by atoms with Crippen molar-refractivity contribution in [3.63, 3.8) is 0 Å². The molecule has 0 saturated heterocycles. The lowest BCUT2D eigenvalue weighted by Crippen LogP contribution is -2.31. The van der Waals surface area contributed by atoms with Crippen LogP contribution in [0.2, 0.25) is 5.02 Å². The first-order valence-corrected chi connectivity index (χ1v) is 8.67. The highest BCUT2D eigenvalue weighted by molar-refractivity contribution is 7.89. The van der Waals surface area contributed by atoms with E-state index in [4.69, 9.17) is 11.6 Å². The maximum atomic E-state index is 12.9. The maximum Gasteiger partial charge on any atom is 0.289 e. The summed E-state index contributed by atoms with van der Waals surface area (Å²) in [4.78, 5) is 10.1. The van der Waals surface area contributed by atoms with Crippen LogP contribution in [-0.2, 0) is 23.1 Å². The molecule has 0 saturated carbocycles. The quantitative estimate of drug-likeness (QED) is 0.619. The predicted molar refractivity (Wildman–Crippen MR) is 82.5 cm³/mol. The van der Waals surface area contributed by atoms with Crippen LogP contribution in [-0.4, -0.2) is 34.0 Å². The zero-order valence-electron chi connectivity index (χ0n) is 11.9. The summed E-state index contributed by atoms with van der Waals surface area (Å²) in [5.74, 6) is 0. The molecule has 0 unspecified atom stereocenters. The van der Waals surface area contributed by atoms with Crippen molar-refractivity contribution in [2.75, 3.05) is 6.54 Å². The van der Waals surface area contributed by atoms with Crippen LogP contribution in [0.4, 0.5) is 5.69 Å². The van der Waals surface area contributed by atoms with Gasteiger partial charge in [0.25, 0.3) is 5.69 Å². The smallest absolute Gasteiger partial charge is 0.267 e. The van der Waals surface area contributed by atoms with E-state index in [9.17, 15) is 18.5 Å². The van der Waals surface area contributed by atoms with Crippen LogP contribution in [0.1, 0.15) is 12.1 Å². The minimum absolute atomic E-state index is 0.0349. The number of benzene rings is 1. The highest BCUT2D eigenvalue weighted by Gasteiger charge is 2.33. The molecule has 1 aliphatic rings. The fourth-order valence-corrected chi connectivity index (χ4v) is 4.35. The van der Waals surface area contributed by atoms with Crippen LogP contribution in [0, 0.1) is 10.1 Å². The molecule has 0 N–H and O–H groups in total. The second kappa shape index (κ2) is 5.91. The van der Waals surface area contributed by atoms with Crippen LogP contribution in [0.5, 0.6) is 0 Å². The van der Waals surface area contributed by atoms with Gasteiger partial charge in [-0.2, -0.15) is 9.40 Å². The van der Waals surface area contributed by atoms with E-state index in [-0.39, 0.29) is 18.0 Å². The summed E-state index contributed by atoms with van der Waals surface area (Å²) in [5.41, 5.74) is 0.155. The number of nitrogens with zero attached hydrogens (tertiary/aromatic N) is 4. The maximum absolute atomic E-state index is 12.9. The number of rotatable bonds is 3. The Balaban J connectivity index is 2.04. The van der Waals surface area contributed by atoms with E-state index in [2.05, 4.69) is 5.10 Å². The number of hydrogen-bond donors (Lipinski definition) is 0. The topological polar surface area (TPSA) is 98.3 Å². The van der Waals surface area contributed by atoms with Gasteiger partial charge in [0, 0.05) is 19.2 Å². The Kier molecular flexibility index (Phi) is 4.09. The molecule has 0 fully saturated rings. The number of aryl methyl sites for hydroxylation is 1. The first-order valence-electron chi connectivity index (χ1n) is 6.85. The third-order valence-corrected chi connectivity index (χ3v) is 5.89. The number of halogens is 1. The molecule has 8 nitrogen and oxygen atoms in total. The third-order valence-electron chi connectivity index (χ3n) is 3.68. The summed E-state index contributed by atoms with van der Waals surface area (Å²) in [5, 5.41) is 15.6.